The monoisotopic (exact) mass is 527 g/mol. The van der Waals surface area contributed by atoms with Crippen LogP contribution in [0.5, 0.6) is 0 Å². The summed E-state index contributed by atoms with van der Waals surface area (Å²) in [5.41, 5.74) is 6.04. The van der Waals surface area contributed by atoms with Crippen molar-refractivity contribution in [1.29, 1.82) is 0 Å². The van der Waals surface area contributed by atoms with Crippen molar-refractivity contribution in [2.24, 2.45) is 5.92 Å². The fourth-order valence-corrected chi connectivity index (χ4v) is 5.34. The molecule has 196 valence electrons. The fraction of sp³-hybridized carbons (Fsp3) is 0.290. The van der Waals surface area contributed by atoms with Crippen LogP contribution in [0.4, 0.5) is 0 Å². The van der Waals surface area contributed by atoms with E-state index in [1.165, 1.54) is 11.8 Å². The number of fused-ring (bicyclic) bond motifs is 1. The minimum absolute atomic E-state index is 0.0318. The average Bonchev–Trinajstić information content (AvgIpc) is 2.84. The van der Waals surface area contributed by atoms with Crippen molar-refractivity contribution >= 4 is 34.4 Å². The van der Waals surface area contributed by atoms with Gasteiger partial charge in [0.25, 0.3) is 11.5 Å². The molecule has 0 saturated carbocycles. The molecule has 0 spiro atoms. The largest absolute Gasteiger partial charge is 0.352 e. The Hall–Kier alpha value is -3.71. The third kappa shape index (κ3) is 6.05. The number of Topliss-reactive ketones (excluding diaryl/α,β-unsaturated/α-hetero) is 1. The fourth-order valence-electron chi connectivity index (χ4n) is 4.44. The Morgan fingerprint density at radius 3 is 2.29 bits per heavy atom. The second kappa shape index (κ2) is 11.4. The first-order valence-corrected chi connectivity index (χ1v) is 13.7. The van der Waals surface area contributed by atoms with Gasteiger partial charge in [0.15, 0.2) is 10.9 Å². The molecule has 0 atom stereocenters. The zero-order valence-corrected chi connectivity index (χ0v) is 23.5. The quantitative estimate of drug-likeness (QED) is 0.173. The van der Waals surface area contributed by atoms with E-state index in [1.54, 1.807) is 22.8 Å². The lowest BCUT2D eigenvalue weighted by atomic mass is 10.0. The van der Waals surface area contributed by atoms with E-state index in [2.05, 4.69) is 5.32 Å². The van der Waals surface area contributed by atoms with Crippen molar-refractivity contribution in [3.8, 4) is 5.69 Å². The molecule has 1 heterocycles. The number of nitrogens with zero attached hydrogens (tertiary/aromatic N) is 2. The van der Waals surface area contributed by atoms with Gasteiger partial charge < -0.3 is 5.32 Å². The van der Waals surface area contributed by atoms with Crippen LogP contribution in [0.2, 0.25) is 0 Å². The molecule has 1 N–H and O–H groups in total. The molecule has 0 radical (unpaired) electrons. The second-order valence-corrected chi connectivity index (χ2v) is 11.2. The van der Waals surface area contributed by atoms with E-state index in [0.717, 1.165) is 22.3 Å². The normalized spacial score (nSPS) is 11.2. The number of thioether (sulfide) groups is 1. The Kier molecular flexibility index (Phi) is 8.17. The predicted octanol–water partition coefficient (Wildman–Crippen LogP) is 5.98. The molecule has 0 bridgehead atoms. The van der Waals surface area contributed by atoms with Gasteiger partial charge in [0.2, 0.25) is 0 Å². The molecule has 38 heavy (non-hydrogen) atoms. The topological polar surface area (TPSA) is 81.1 Å². The van der Waals surface area contributed by atoms with E-state index in [9.17, 15) is 14.4 Å². The minimum Gasteiger partial charge on any atom is -0.352 e. The van der Waals surface area contributed by atoms with Crippen molar-refractivity contribution in [3.63, 3.8) is 0 Å². The highest BCUT2D eigenvalue weighted by Crippen LogP contribution is 2.25. The molecular weight excluding hydrogens is 494 g/mol. The lowest BCUT2D eigenvalue weighted by molar-refractivity contribution is 0.0948. The number of amides is 1. The van der Waals surface area contributed by atoms with Gasteiger partial charge in [-0.2, -0.15) is 0 Å². The van der Waals surface area contributed by atoms with E-state index in [0.29, 0.717) is 45.3 Å². The Morgan fingerprint density at radius 2 is 1.63 bits per heavy atom. The lowest BCUT2D eigenvalue weighted by Gasteiger charge is -2.15. The first-order valence-electron chi connectivity index (χ1n) is 12.7. The van der Waals surface area contributed by atoms with Gasteiger partial charge in [-0.15, -0.1) is 0 Å². The Balaban J connectivity index is 1.79. The number of aromatic nitrogens is 2. The van der Waals surface area contributed by atoms with Gasteiger partial charge in [0, 0.05) is 17.7 Å². The van der Waals surface area contributed by atoms with Gasteiger partial charge in [0.1, 0.15) is 0 Å². The average molecular weight is 528 g/mol. The summed E-state index contributed by atoms with van der Waals surface area (Å²) < 4.78 is 1.57. The van der Waals surface area contributed by atoms with Crippen LogP contribution in [-0.4, -0.2) is 33.5 Å². The maximum atomic E-state index is 13.8. The molecule has 1 aromatic heterocycles. The summed E-state index contributed by atoms with van der Waals surface area (Å²) in [4.78, 5) is 44.4. The molecule has 7 heteroatoms. The van der Waals surface area contributed by atoms with Crippen molar-refractivity contribution in [2.75, 3.05) is 12.3 Å². The third-order valence-corrected chi connectivity index (χ3v) is 7.19. The zero-order valence-electron chi connectivity index (χ0n) is 22.7. The van der Waals surface area contributed by atoms with Gasteiger partial charge >= 0.3 is 0 Å². The summed E-state index contributed by atoms with van der Waals surface area (Å²) in [7, 11) is 0. The lowest BCUT2D eigenvalue weighted by Crippen LogP contribution is -2.27. The molecule has 0 unspecified atom stereocenters. The maximum absolute atomic E-state index is 13.8. The smallest absolute Gasteiger partial charge is 0.266 e. The Labute approximate surface area is 227 Å². The number of carbonyl (C=O) groups is 2. The van der Waals surface area contributed by atoms with Crippen LogP contribution in [0.15, 0.2) is 64.5 Å². The van der Waals surface area contributed by atoms with Crippen LogP contribution < -0.4 is 10.9 Å². The molecule has 1 amide bonds. The summed E-state index contributed by atoms with van der Waals surface area (Å²) in [6.07, 6.45) is 0. The number of aryl methyl sites for hydroxylation is 4. The first kappa shape index (κ1) is 27.3. The predicted molar refractivity (Wildman–Crippen MR) is 155 cm³/mol. The molecule has 0 aliphatic rings. The third-order valence-electron chi connectivity index (χ3n) is 6.25. The number of nitrogens with one attached hydrogen (secondary N) is 1. The Bertz CT molecular complexity index is 1580. The standard InChI is InChI=1S/C31H33N3O3S/c1-18(2)16-32-29(36)23-8-10-26-27(15-23)33-31(34(30(26)37)24-13-20(4)11-21(5)14-24)38-17-28(35)25-9-7-19(3)12-22(25)6/h7-15,18H,16-17H2,1-6H3,(H,32,36). The summed E-state index contributed by atoms with van der Waals surface area (Å²) >= 11 is 1.23. The summed E-state index contributed by atoms with van der Waals surface area (Å²) in [6, 6.07) is 16.6. The van der Waals surface area contributed by atoms with Crippen LogP contribution in [-0.2, 0) is 0 Å². The first-order chi connectivity index (χ1) is 18.0. The number of hydrogen-bond acceptors (Lipinski definition) is 5. The molecule has 0 fully saturated rings. The summed E-state index contributed by atoms with van der Waals surface area (Å²) in [5, 5.41) is 3.73. The molecule has 4 aromatic rings. The van der Waals surface area contributed by atoms with E-state index in [1.807, 2.05) is 77.9 Å². The SMILES string of the molecule is Cc1cc(C)cc(-n2c(SCC(=O)c3ccc(C)cc3C)nc3cc(C(=O)NCC(C)C)ccc3c2=O)c1. The molecule has 4 rings (SSSR count). The Morgan fingerprint density at radius 1 is 0.921 bits per heavy atom. The number of carbonyl (C=O) groups excluding carboxylic acids is 2. The maximum Gasteiger partial charge on any atom is 0.266 e. The molecule has 3 aromatic carbocycles. The van der Waals surface area contributed by atoms with Gasteiger partial charge in [-0.25, -0.2) is 4.98 Å². The van der Waals surface area contributed by atoms with E-state index in [4.69, 9.17) is 4.98 Å². The van der Waals surface area contributed by atoms with Crippen LogP contribution in [0, 0.1) is 33.6 Å². The van der Waals surface area contributed by atoms with Crippen molar-refractivity contribution in [1.82, 2.24) is 14.9 Å². The van der Waals surface area contributed by atoms with E-state index >= 15 is 0 Å². The molecular formula is C31H33N3O3S. The molecule has 6 nitrogen and oxygen atoms in total. The summed E-state index contributed by atoms with van der Waals surface area (Å²) in [6.45, 7) is 12.5. The van der Waals surface area contributed by atoms with Crippen molar-refractivity contribution < 1.29 is 9.59 Å². The van der Waals surface area contributed by atoms with Crippen molar-refractivity contribution in [3.05, 3.63) is 98.3 Å². The minimum atomic E-state index is -0.240. The van der Waals surface area contributed by atoms with Gasteiger partial charge in [0.05, 0.1) is 22.3 Å². The highest BCUT2D eigenvalue weighted by molar-refractivity contribution is 7.99. The van der Waals surface area contributed by atoms with Gasteiger partial charge in [-0.1, -0.05) is 55.4 Å². The van der Waals surface area contributed by atoms with Gasteiger partial charge in [-0.3, -0.25) is 19.0 Å². The molecule has 0 saturated heterocycles. The van der Waals surface area contributed by atoms with Crippen LogP contribution in [0.25, 0.3) is 16.6 Å². The van der Waals surface area contributed by atoms with E-state index < -0.39 is 0 Å². The van der Waals surface area contributed by atoms with Crippen LogP contribution in [0.1, 0.15) is 56.8 Å². The number of hydrogen-bond donors (Lipinski definition) is 1. The number of rotatable bonds is 8. The summed E-state index contributed by atoms with van der Waals surface area (Å²) in [5.74, 6) is 0.206. The van der Waals surface area contributed by atoms with Crippen LogP contribution in [0.3, 0.4) is 0 Å². The number of benzene rings is 3. The second-order valence-electron chi connectivity index (χ2n) is 10.2. The molecule has 0 aliphatic heterocycles. The highest BCUT2D eigenvalue weighted by atomic mass is 32.2. The van der Waals surface area contributed by atoms with E-state index in [-0.39, 0.29) is 23.0 Å². The highest BCUT2D eigenvalue weighted by Gasteiger charge is 2.18. The molecule has 0 aliphatic carbocycles. The van der Waals surface area contributed by atoms with Gasteiger partial charge in [-0.05, 0) is 80.6 Å². The zero-order chi connectivity index (χ0) is 27.6. The van der Waals surface area contributed by atoms with Crippen LogP contribution >= 0.6 is 11.8 Å². The number of ketones is 1. The van der Waals surface area contributed by atoms with Crippen molar-refractivity contribution in [2.45, 2.75) is 46.7 Å².